The number of nitrogens with zero attached hydrogens (tertiary/aromatic N) is 2. The molecule has 0 aromatic heterocycles. The number of hydrogen-bond donors (Lipinski definition) is 2. The van der Waals surface area contributed by atoms with Crippen molar-refractivity contribution in [2.75, 3.05) is 65.8 Å². The number of aliphatic hydroxyl groups is 1. The van der Waals surface area contributed by atoms with Crippen molar-refractivity contribution < 1.29 is 19.4 Å². The summed E-state index contributed by atoms with van der Waals surface area (Å²) < 4.78 is 10.6. The van der Waals surface area contributed by atoms with Crippen LogP contribution in [-0.2, 0) is 9.47 Å². The molecule has 2 rings (SSSR count). The standard InChI is InChI=1S/C13H25N3O4/c17-7-1-12-11-20-10-6-16(12)13(18)14-2-3-15-4-8-19-9-5-15/h12,17H,1-11H2,(H,14,18). The molecular weight excluding hydrogens is 262 g/mol. The number of nitrogens with one attached hydrogen (secondary N) is 1. The number of morpholine rings is 2. The number of rotatable bonds is 5. The van der Waals surface area contributed by atoms with E-state index in [0.29, 0.717) is 32.7 Å². The molecule has 7 nitrogen and oxygen atoms in total. The molecule has 0 aromatic rings. The van der Waals surface area contributed by atoms with Crippen molar-refractivity contribution in [3.05, 3.63) is 0 Å². The van der Waals surface area contributed by atoms with Crippen LogP contribution in [0.25, 0.3) is 0 Å². The largest absolute Gasteiger partial charge is 0.396 e. The van der Waals surface area contributed by atoms with Crippen LogP contribution in [0, 0.1) is 0 Å². The lowest BCUT2D eigenvalue weighted by molar-refractivity contribution is 0.00391. The molecule has 1 unspecified atom stereocenters. The van der Waals surface area contributed by atoms with Crippen LogP contribution in [0.5, 0.6) is 0 Å². The Hall–Kier alpha value is -0.890. The molecule has 20 heavy (non-hydrogen) atoms. The molecule has 2 N–H and O–H groups in total. The minimum absolute atomic E-state index is 0.0165. The zero-order valence-corrected chi connectivity index (χ0v) is 11.9. The highest BCUT2D eigenvalue weighted by Crippen LogP contribution is 2.10. The molecule has 116 valence electrons. The molecule has 0 bridgehead atoms. The zero-order valence-electron chi connectivity index (χ0n) is 11.9. The Kier molecular flexibility index (Phi) is 6.52. The highest BCUT2D eigenvalue weighted by molar-refractivity contribution is 5.74. The molecule has 2 aliphatic rings. The van der Waals surface area contributed by atoms with E-state index in [0.717, 1.165) is 32.8 Å². The summed E-state index contributed by atoms with van der Waals surface area (Å²) in [6, 6.07) is -0.0721. The maximum Gasteiger partial charge on any atom is 0.317 e. The van der Waals surface area contributed by atoms with Crippen molar-refractivity contribution in [3.63, 3.8) is 0 Å². The van der Waals surface area contributed by atoms with E-state index in [4.69, 9.17) is 14.6 Å². The van der Waals surface area contributed by atoms with E-state index in [1.54, 1.807) is 4.90 Å². The third-order valence-corrected chi connectivity index (χ3v) is 3.76. The molecule has 0 aromatic carbocycles. The molecule has 2 fully saturated rings. The molecular formula is C13H25N3O4. The minimum Gasteiger partial charge on any atom is -0.396 e. The third-order valence-electron chi connectivity index (χ3n) is 3.76. The van der Waals surface area contributed by atoms with Crippen LogP contribution < -0.4 is 5.32 Å². The summed E-state index contributed by atoms with van der Waals surface area (Å²) in [6.07, 6.45) is 0.566. The molecule has 7 heteroatoms. The van der Waals surface area contributed by atoms with Crippen molar-refractivity contribution in [1.29, 1.82) is 0 Å². The molecule has 0 aliphatic carbocycles. The van der Waals surface area contributed by atoms with Crippen LogP contribution in [0.1, 0.15) is 6.42 Å². The quantitative estimate of drug-likeness (QED) is 0.686. The highest BCUT2D eigenvalue weighted by Gasteiger charge is 2.26. The SMILES string of the molecule is O=C(NCCN1CCOCC1)N1CCOCC1CCO. The van der Waals surface area contributed by atoms with Gasteiger partial charge in [-0.2, -0.15) is 0 Å². The molecule has 2 saturated heterocycles. The molecule has 1 atom stereocenters. The fourth-order valence-corrected chi connectivity index (χ4v) is 2.56. The lowest BCUT2D eigenvalue weighted by atomic mass is 10.2. The first-order valence-electron chi connectivity index (χ1n) is 7.34. The van der Waals surface area contributed by atoms with Gasteiger partial charge in [-0.3, -0.25) is 4.90 Å². The van der Waals surface area contributed by atoms with E-state index in [1.165, 1.54) is 0 Å². The van der Waals surface area contributed by atoms with Gasteiger partial charge in [0.05, 0.1) is 32.5 Å². The summed E-state index contributed by atoms with van der Waals surface area (Å²) in [7, 11) is 0. The van der Waals surface area contributed by atoms with Crippen molar-refractivity contribution in [1.82, 2.24) is 15.1 Å². The summed E-state index contributed by atoms with van der Waals surface area (Å²) in [4.78, 5) is 16.2. The smallest absolute Gasteiger partial charge is 0.317 e. The van der Waals surface area contributed by atoms with Crippen LogP contribution in [-0.4, -0.2) is 92.7 Å². The Labute approximate surface area is 119 Å². The molecule has 2 heterocycles. The van der Waals surface area contributed by atoms with Crippen molar-refractivity contribution in [2.45, 2.75) is 12.5 Å². The van der Waals surface area contributed by atoms with Crippen molar-refractivity contribution >= 4 is 6.03 Å². The highest BCUT2D eigenvalue weighted by atomic mass is 16.5. The predicted molar refractivity (Wildman–Crippen MR) is 73.7 cm³/mol. The lowest BCUT2D eigenvalue weighted by Crippen LogP contribution is -2.53. The lowest BCUT2D eigenvalue weighted by Gasteiger charge is -2.35. The number of carbonyl (C=O) groups excluding carboxylic acids is 1. The first-order valence-corrected chi connectivity index (χ1v) is 7.34. The summed E-state index contributed by atoms with van der Waals surface area (Å²) in [5.41, 5.74) is 0. The van der Waals surface area contributed by atoms with Crippen LogP contribution in [0.15, 0.2) is 0 Å². The number of urea groups is 1. The van der Waals surface area contributed by atoms with Gasteiger partial charge in [-0.1, -0.05) is 0 Å². The normalized spacial score (nSPS) is 24.6. The Morgan fingerprint density at radius 2 is 1.95 bits per heavy atom. The Bertz CT molecular complexity index is 295. The zero-order chi connectivity index (χ0) is 14.2. The van der Waals surface area contributed by atoms with Gasteiger partial charge in [0, 0.05) is 39.3 Å². The summed E-state index contributed by atoms with van der Waals surface area (Å²) in [6.45, 7) is 6.65. The van der Waals surface area contributed by atoms with Crippen LogP contribution in [0.3, 0.4) is 0 Å². The monoisotopic (exact) mass is 287 g/mol. The predicted octanol–water partition coefficient (Wildman–Crippen LogP) is -0.889. The van der Waals surface area contributed by atoms with Gasteiger partial charge in [0.25, 0.3) is 0 Å². The van der Waals surface area contributed by atoms with E-state index < -0.39 is 0 Å². The van der Waals surface area contributed by atoms with Gasteiger partial charge in [0.2, 0.25) is 0 Å². The van der Waals surface area contributed by atoms with E-state index in [9.17, 15) is 4.79 Å². The van der Waals surface area contributed by atoms with Crippen LogP contribution in [0.2, 0.25) is 0 Å². The second-order valence-corrected chi connectivity index (χ2v) is 5.12. The summed E-state index contributed by atoms with van der Waals surface area (Å²) >= 11 is 0. The van der Waals surface area contributed by atoms with Gasteiger partial charge >= 0.3 is 6.03 Å². The third kappa shape index (κ3) is 4.59. The molecule has 0 saturated carbocycles. The fourth-order valence-electron chi connectivity index (χ4n) is 2.56. The van der Waals surface area contributed by atoms with Crippen LogP contribution >= 0.6 is 0 Å². The van der Waals surface area contributed by atoms with Gasteiger partial charge in [0.1, 0.15) is 0 Å². The second kappa shape index (κ2) is 8.41. The first-order chi connectivity index (χ1) is 9.81. The maximum atomic E-state index is 12.2. The number of aliphatic hydroxyl groups excluding tert-OH is 1. The topological polar surface area (TPSA) is 74.3 Å². The maximum absolute atomic E-state index is 12.2. The fraction of sp³-hybridized carbons (Fsp3) is 0.923. The number of hydrogen-bond acceptors (Lipinski definition) is 5. The van der Waals surface area contributed by atoms with E-state index in [-0.39, 0.29) is 18.7 Å². The van der Waals surface area contributed by atoms with Gasteiger partial charge in [-0.25, -0.2) is 4.79 Å². The van der Waals surface area contributed by atoms with E-state index >= 15 is 0 Å². The number of amides is 2. The summed E-state index contributed by atoms with van der Waals surface area (Å²) in [5, 5.41) is 12.0. The average molecular weight is 287 g/mol. The van der Waals surface area contributed by atoms with Gasteiger partial charge in [-0.05, 0) is 6.42 Å². The van der Waals surface area contributed by atoms with Gasteiger partial charge in [-0.15, -0.1) is 0 Å². The Balaban J connectivity index is 1.69. The summed E-state index contributed by atoms with van der Waals surface area (Å²) in [5.74, 6) is 0. The Morgan fingerprint density at radius 1 is 1.20 bits per heavy atom. The number of ether oxygens (including phenoxy) is 2. The molecule has 2 aliphatic heterocycles. The first kappa shape index (κ1) is 15.5. The second-order valence-electron chi connectivity index (χ2n) is 5.12. The van der Waals surface area contributed by atoms with Crippen molar-refractivity contribution in [2.24, 2.45) is 0 Å². The van der Waals surface area contributed by atoms with Crippen molar-refractivity contribution in [3.8, 4) is 0 Å². The minimum atomic E-state index is -0.0555. The average Bonchev–Trinajstić information content (AvgIpc) is 2.49. The molecule has 2 amide bonds. The van der Waals surface area contributed by atoms with Gasteiger partial charge in [0.15, 0.2) is 0 Å². The van der Waals surface area contributed by atoms with Crippen LogP contribution in [0.4, 0.5) is 4.79 Å². The molecule has 0 spiro atoms. The Morgan fingerprint density at radius 3 is 2.70 bits per heavy atom. The number of carbonyl (C=O) groups is 1. The van der Waals surface area contributed by atoms with Gasteiger partial charge < -0.3 is 24.8 Å². The molecule has 0 radical (unpaired) electrons. The van der Waals surface area contributed by atoms with E-state index in [2.05, 4.69) is 10.2 Å². The van der Waals surface area contributed by atoms with E-state index in [1.807, 2.05) is 0 Å².